The quantitative estimate of drug-likeness (QED) is 0.559. The molecule has 0 spiro atoms. The Hall–Kier alpha value is -0.0800. The van der Waals surface area contributed by atoms with Crippen LogP contribution in [0.1, 0.15) is 20.8 Å². The summed E-state index contributed by atoms with van der Waals surface area (Å²) in [6.45, 7) is 6.30. The maximum Gasteiger partial charge on any atom is 0.0582 e. The molecule has 8 heavy (non-hydrogen) atoms. The second-order valence-corrected chi connectivity index (χ2v) is 2.40. The Morgan fingerprint density at radius 1 is 1.38 bits per heavy atom. The lowest BCUT2D eigenvalue weighted by Gasteiger charge is -2.12. The molecule has 2 heteroatoms. The number of hydrogen-bond donors (Lipinski definition) is 2. The molecular formula is C6H15NO. The predicted molar refractivity (Wildman–Crippen MR) is 34.8 cm³/mol. The minimum Gasteiger partial charge on any atom is -0.395 e. The standard InChI is InChI=1S/C6H15NO/c1-5(2)7-6(3)4-8/h5-8H,4H2,1-3H3/t6-/m0/s1. The molecule has 0 rings (SSSR count). The van der Waals surface area contributed by atoms with Gasteiger partial charge in [0.15, 0.2) is 0 Å². The van der Waals surface area contributed by atoms with Gasteiger partial charge in [-0.3, -0.25) is 0 Å². The van der Waals surface area contributed by atoms with Crippen molar-refractivity contribution in [2.45, 2.75) is 32.9 Å². The van der Waals surface area contributed by atoms with Gasteiger partial charge >= 0.3 is 0 Å². The van der Waals surface area contributed by atoms with Gasteiger partial charge < -0.3 is 10.4 Å². The van der Waals surface area contributed by atoms with Crippen LogP contribution in [0.15, 0.2) is 0 Å². The van der Waals surface area contributed by atoms with Gasteiger partial charge in [-0.05, 0) is 6.92 Å². The zero-order chi connectivity index (χ0) is 6.57. The molecule has 0 radical (unpaired) electrons. The summed E-state index contributed by atoms with van der Waals surface area (Å²) in [5.41, 5.74) is 0. The molecular weight excluding hydrogens is 102 g/mol. The van der Waals surface area contributed by atoms with Crippen LogP contribution >= 0.6 is 0 Å². The number of aliphatic hydroxyl groups is 1. The maximum absolute atomic E-state index is 8.52. The Kier molecular flexibility index (Phi) is 3.83. The molecule has 0 aromatic heterocycles. The summed E-state index contributed by atoms with van der Waals surface area (Å²) < 4.78 is 0. The summed E-state index contributed by atoms with van der Waals surface area (Å²) in [5, 5.41) is 11.7. The van der Waals surface area contributed by atoms with Crippen LogP contribution in [0, 0.1) is 0 Å². The normalized spacial score (nSPS) is 14.6. The van der Waals surface area contributed by atoms with Crippen molar-refractivity contribution in [1.82, 2.24) is 5.32 Å². The lowest BCUT2D eigenvalue weighted by atomic mass is 10.3. The van der Waals surface area contributed by atoms with E-state index < -0.39 is 0 Å². The lowest BCUT2D eigenvalue weighted by Crippen LogP contribution is -2.34. The Morgan fingerprint density at radius 3 is 2.00 bits per heavy atom. The minimum absolute atomic E-state index is 0.220. The fourth-order valence-electron chi connectivity index (χ4n) is 0.622. The van der Waals surface area contributed by atoms with Gasteiger partial charge in [0, 0.05) is 12.1 Å². The Bertz CT molecular complexity index is 54.5. The van der Waals surface area contributed by atoms with Crippen molar-refractivity contribution in [3.63, 3.8) is 0 Å². The zero-order valence-corrected chi connectivity index (χ0v) is 5.81. The van der Waals surface area contributed by atoms with E-state index in [1.54, 1.807) is 0 Å². The molecule has 0 aliphatic carbocycles. The first kappa shape index (κ1) is 7.92. The van der Waals surface area contributed by atoms with Crippen LogP contribution in [0.5, 0.6) is 0 Å². The van der Waals surface area contributed by atoms with Gasteiger partial charge in [-0.2, -0.15) is 0 Å². The number of nitrogens with one attached hydrogen (secondary N) is 1. The zero-order valence-electron chi connectivity index (χ0n) is 5.81. The van der Waals surface area contributed by atoms with E-state index in [9.17, 15) is 0 Å². The van der Waals surface area contributed by atoms with E-state index in [4.69, 9.17) is 5.11 Å². The van der Waals surface area contributed by atoms with Crippen LogP contribution in [-0.4, -0.2) is 23.8 Å². The van der Waals surface area contributed by atoms with Crippen LogP contribution in [0.4, 0.5) is 0 Å². The van der Waals surface area contributed by atoms with Crippen molar-refractivity contribution < 1.29 is 5.11 Å². The summed E-state index contributed by atoms with van der Waals surface area (Å²) >= 11 is 0. The summed E-state index contributed by atoms with van der Waals surface area (Å²) in [5.74, 6) is 0. The molecule has 2 nitrogen and oxygen atoms in total. The highest BCUT2D eigenvalue weighted by Gasteiger charge is 1.98. The molecule has 1 atom stereocenters. The van der Waals surface area contributed by atoms with Crippen LogP contribution in [0.2, 0.25) is 0 Å². The summed E-state index contributed by atoms with van der Waals surface area (Å²) in [6.07, 6.45) is 0. The smallest absolute Gasteiger partial charge is 0.0582 e. The summed E-state index contributed by atoms with van der Waals surface area (Å²) in [4.78, 5) is 0. The van der Waals surface area contributed by atoms with Crippen LogP contribution < -0.4 is 5.32 Å². The second-order valence-electron chi connectivity index (χ2n) is 2.40. The average Bonchev–Trinajstić information content (AvgIpc) is 1.65. The highest BCUT2D eigenvalue weighted by Crippen LogP contribution is 1.82. The van der Waals surface area contributed by atoms with E-state index in [1.165, 1.54) is 0 Å². The van der Waals surface area contributed by atoms with Gasteiger partial charge in [0.05, 0.1) is 6.61 Å². The van der Waals surface area contributed by atoms with Crippen molar-refractivity contribution in [2.75, 3.05) is 6.61 Å². The van der Waals surface area contributed by atoms with Crippen molar-refractivity contribution in [3.8, 4) is 0 Å². The highest BCUT2D eigenvalue weighted by molar-refractivity contribution is 4.60. The monoisotopic (exact) mass is 117 g/mol. The van der Waals surface area contributed by atoms with Crippen LogP contribution in [0.3, 0.4) is 0 Å². The topological polar surface area (TPSA) is 32.3 Å². The van der Waals surface area contributed by atoms with Gasteiger partial charge in [-0.15, -0.1) is 0 Å². The molecule has 0 aromatic rings. The van der Waals surface area contributed by atoms with Crippen LogP contribution in [0.25, 0.3) is 0 Å². The molecule has 0 bridgehead atoms. The molecule has 0 saturated heterocycles. The molecule has 0 unspecified atom stereocenters. The lowest BCUT2D eigenvalue weighted by molar-refractivity contribution is 0.245. The molecule has 0 aliphatic rings. The van der Waals surface area contributed by atoms with Crippen LogP contribution in [-0.2, 0) is 0 Å². The van der Waals surface area contributed by atoms with Gasteiger partial charge in [0.2, 0.25) is 0 Å². The minimum atomic E-state index is 0.220. The van der Waals surface area contributed by atoms with E-state index in [1.807, 2.05) is 6.92 Å². The van der Waals surface area contributed by atoms with Gasteiger partial charge in [0.25, 0.3) is 0 Å². The highest BCUT2D eigenvalue weighted by atomic mass is 16.3. The molecule has 0 aliphatic heterocycles. The third kappa shape index (κ3) is 4.09. The van der Waals surface area contributed by atoms with Crippen molar-refractivity contribution in [2.24, 2.45) is 0 Å². The summed E-state index contributed by atoms with van der Waals surface area (Å²) in [7, 11) is 0. The molecule has 2 N–H and O–H groups in total. The van der Waals surface area contributed by atoms with Gasteiger partial charge in [-0.1, -0.05) is 13.8 Å². The third-order valence-corrected chi connectivity index (χ3v) is 0.892. The van der Waals surface area contributed by atoms with Crippen molar-refractivity contribution in [3.05, 3.63) is 0 Å². The Labute approximate surface area is 50.9 Å². The average molecular weight is 117 g/mol. The first-order valence-corrected chi connectivity index (χ1v) is 3.03. The summed E-state index contributed by atoms with van der Waals surface area (Å²) in [6, 6.07) is 0.701. The maximum atomic E-state index is 8.52. The first-order valence-electron chi connectivity index (χ1n) is 3.03. The second kappa shape index (κ2) is 3.87. The van der Waals surface area contributed by atoms with Gasteiger partial charge in [0.1, 0.15) is 0 Å². The van der Waals surface area contributed by atoms with E-state index in [0.717, 1.165) is 0 Å². The van der Waals surface area contributed by atoms with E-state index in [2.05, 4.69) is 19.2 Å². The number of hydrogen-bond acceptors (Lipinski definition) is 2. The number of aliphatic hydroxyl groups excluding tert-OH is 1. The first-order chi connectivity index (χ1) is 3.66. The van der Waals surface area contributed by atoms with E-state index in [0.29, 0.717) is 6.04 Å². The fraction of sp³-hybridized carbons (Fsp3) is 1.00. The SMILES string of the molecule is CC(C)N[C@@H](C)CO. The fourth-order valence-corrected chi connectivity index (χ4v) is 0.622. The molecule has 0 aromatic carbocycles. The number of rotatable bonds is 3. The molecule has 0 amide bonds. The van der Waals surface area contributed by atoms with Gasteiger partial charge in [-0.25, -0.2) is 0 Å². The predicted octanol–water partition coefficient (Wildman–Crippen LogP) is 0.365. The van der Waals surface area contributed by atoms with E-state index >= 15 is 0 Å². The molecule has 50 valence electrons. The Balaban J connectivity index is 3.10. The molecule has 0 fully saturated rings. The van der Waals surface area contributed by atoms with Crippen molar-refractivity contribution >= 4 is 0 Å². The van der Waals surface area contributed by atoms with E-state index in [-0.39, 0.29) is 12.6 Å². The molecule has 0 heterocycles. The third-order valence-electron chi connectivity index (χ3n) is 0.892. The van der Waals surface area contributed by atoms with Crippen molar-refractivity contribution in [1.29, 1.82) is 0 Å². The Morgan fingerprint density at radius 2 is 1.88 bits per heavy atom. The molecule has 0 saturated carbocycles. The largest absolute Gasteiger partial charge is 0.395 e.